The molecular weight excluding hydrogens is 428 g/mol. The summed E-state index contributed by atoms with van der Waals surface area (Å²) in [5.41, 5.74) is 0. The van der Waals surface area contributed by atoms with Crippen LogP contribution in [0, 0.1) is 5.92 Å². The summed E-state index contributed by atoms with van der Waals surface area (Å²) < 4.78 is 0. The Kier molecular flexibility index (Phi) is 10.9. The van der Waals surface area contributed by atoms with Gasteiger partial charge in [0.15, 0.2) is 5.78 Å². The number of hydrogen-bond donors (Lipinski definition) is 3. The van der Waals surface area contributed by atoms with Crippen molar-refractivity contribution in [3.63, 3.8) is 0 Å². The van der Waals surface area contributed by atoms with Gasteiger partial charge in [-0.1, -0.05) is 26.0 Å². The van der Waals surface area contributed by atoms with Crippen molar-refractivity contribution in [2.45, 2.75) is 64.8 Å². The van der Waals surface area contributed by atoms with E-state index in [1.807, 2.05) is 13.8 Å². The topological polar surface area (TPSA) is 136 Å². The molecule has 4 atom stereocenters. The first-order valence-electron chi connectivity index (χ1n) is 11.1. The Morgan fingerprint density at radius 2 is 1.67 bits per heavy atom. The number of carbonyl (C=O) groups excluding carboxylic acids is 5. The highest BCUT2D eigenvalue weighted by molar-refractivity contribution is 5.96. The Hall–Kier alpha value is -3.01. The van der Waals surface area contributed by atoms with Crippen LogP contribution in [0.5, 0.6) is 0 Å². The molecule has 1 fully saturated rings. The lowest BCUT2D eigenvalue weighted by atomic mass is 9.98. The van der Waals surface area contributed by atoms with Crippen LogP contribution in [0.15, 0.2) is 24.3 Å². The fourth-order valence-corrected chi connectivity index (χ4v) is 3.43. The third-order valence-corrected chi connectivity index (χ3v) is 5.57. The number of aliphatic hydroxyl groups is 1. The van der Waals surface area contributed by atoms with Crippen LogP contribution < -0.4 is 10.6 Å². The standard InChI is InChI=1S/C23H36N4O6/c1-14(2)20-23(33)26(5)15(3)21(31)24-13-9-10-17(22(32)27(20)6)25-19(30)12-8-7-11-18(29)16(4)28/h7-8,11-12,14-17,20,28H,9-10,13H2,1-6H3,(H,24,31)(H,25,30)/b11-7+,12-8+/t15-,16-,17-,20-/m0/s1. The first-order chi connectivity index (χ1) is 15.4. The first kappa shape index (κ1) is 28.0. The second-order valence-electron chi connectivity index (χ2n) is 8.55. The Bertz CT molecular complexity index is 805. The highest BCUT2D eigenvalue weighted by Crippen LogP contribution is 2.17. The van der Waals surface area contributed by atoms with E-state index in [-0.39, 0.29) is 24.2 Å². The van der Waals surface area contributed by atoms with E-state index in [4.69, 9.17) is 5.11 Å². The second-order valence-corrected chi connectivity index (χ2v) is 8.55. The molecule has 0 bridgehead atoms. The summed E-state index contributed by atoms with van der Waals surface area (Å²) in [6.45, 7) is 6.89. The Labute approximate surface area is 195 Å². The monoisotopic (exact) mass is 464 g/mol. The Morgan fingerprint density at radius 1 is 1.06 bits per heavy atom. The number of carbonyl (C=O) groups is 5. The maximum Gasteiger partial charge on any atom is 0.246 e. The Balaban J connectivity index is 3.07. The van der Waals surface area contributed by atoms with E-state index in [0.29, 0.717) is 13.0 Å². The average molecular weight is 465 g/mol. The normalized spacial score (nSPS) is 24.6. The molecule has 0 spiro atoms. The molecule has 1 heterocycles. The van der Waals surface area contributed by atoms with Crippen molar-refractivity contribution in [1.82, 2.24) is 20.4 Å². The molecule has 10 heteroatoms. The van der Waals surface area contributed by atoms with Gasteiger partial charge in [-0.05, 0) is 38.7 Å². The molecule has 1 rings (SSSR count). The molecule has 0 unspecified atom stereocenters. The molecule has 33 heavy (non-hydrogen) atoms. The quantitative estimate of drug-likeness (QED) is 0.367. The fraction of sp³-hybridized carbons (Fsp3) is 0.609. The molecule has 0 radical (unpaired) electrons. The summed E-state index contributed by atoms with van der Waals surface area (Å²) in [5, 5.41) is 14.6. The van der Waals surface area contributed by atoms with E-state index >= 15 is 0 Å². The van der Waals surface area contributed by atoms with Gasteiger partial charge in [-0.3, -0.25) is 24.0 Å². The number of ketones is 1. The lowest BCUT2D eigenvalue weighted by molar-refractivity contribution is -0.150. The third-order valence-electron chi connectivity index (χ3n) is 5.57. The van der Waals surface area contributed by atoms with Gasteiger partial charge < -0.3 is 25.5 Å². The summed E-state index contributed by atoms with van der Waals surface area (Å²) in [5.74, 6) is -2.32. The van der Waals surface area contributed by atoms with Crippen molar-refractivity contribution >= 4 is 29.4 Å². The third kappa shape index (κ3) is 8.12. The molecule has 0 aromatic heterocycles. The predicted molar refractivity (Wildman–Crippen MR) is 123 cm³/mol. The molecule has 1 saturated heterocycles. The molecule has 0 saturated carbocycles. The van der Waals surface area contributed by atoms with Crippen LogP contribution >= 0.6 is 0 Å². The number of likely N-dealkylation sites (N-methyl/N-ethyl adjacent to an activating group) is 2. The summed E-state index contributed by atoms with van der Waals surface area (Å²) >= 11 is 0. The zero-order chi connectivity index (χ0) is 25.3. The number of nitrogens with one attached hydrogen (secondary N) is 2. The highest BCUT2D eigenvalue weighted by Gasteiger charge is 2.37. The van der Waals surface area contributed by atoms with Crippen molar-refractivity contribution in [2.24, 2.45) is 5.92 Å². The summed E-state index contributed by atoms with van der Waals surface area (Å²) in [6, 6.07) is -2.39. The smallest absolute Gasteiger partial charge is 0.246 e. The van der Waals surface area contributed by atoms with Gasteiger partial charge in [0, 0.05) is 26.7 Å². The van der Waals surface area contributed by atoms with Crippen molar-refractivity contribution in [2.75, 3.05) is 20.6 Å². The first-order valence-corrected chi connectivity index (χ1v) is 11.1. The van der Waals surface area contributed by atoms with Crippen LogP contribution in [0.1, 0.15) is 40.5 Å². The van der Waals surface area contributed by atoms with Gasteiger partial charge in [0.1, 0.15) is 24.2 Å². The number of amides is 4. The number of aliphatic hydroxyl groups excluding tert-OH is 1. The second kappa shape index (κ2) is 12.9. The lowest BCUT2D eigenvalue weighted by Gasteiger charge is -2.37. The molecule has 0 aromatic rings. The summed E-state index contributed by atoms with van der Waals surface area (Å²) in [6.07, 6.45) is 4.54. The Morgan fingerprint density at radius 3 is 2.24 bits per heavy atom. The molecule has 10 nitrogen and oxygen atoms in total. The molecular formula is C23H36N4O6. The maximum atomic E-state index is 13.2. The largest absolute Gasteiger partial charge is 0.385 e. The van der Waals surface area contributed by atoms with Gasteiger partial charge in [0.2, 0.25) is 23.6 Å². The van der Waals surface area contributed by atoms with Gasteiger partial charge in [-0.2, -0.15) is 0 Å². The number of hydrogen-bond acceptors (Lipinski definition) is 6. The highest BCUT2D eigenvalue weighted by atomic mass is 16.3. The minimum absolute atomic E-state index is 0.222. The van der Waals surface area contributed by atoms with Gasteiger partial charge >= 0.3 is 0 Å². The molecule has 3 N–H and O–H groups in total. The lowest BCUT2D eigenvalue weighted by Crippen LogP contribution is -2.59. The van der Waals surface area contributed by atoms with E-state index in [1.54, 1.807) is 6.92 Å². The van der Waals surface area contributed by atoms with E-state index in [1.165, 1.54) is 43.0 Å². The summed E-state index contributed by atoms with van der Waals surface area (Å²) in [7, 11) is 3.06. The zero-order valence-corrected chi connectivity index (χ0v) is 20.2. The van der Waals surface area contributed by atoms with Crippen molar-refractivity contribution in [1.29, 1.82) is 0 Å². The maximum absolute atomic E-state index is 13.2. The van der Waals surface area contributed by atoms with E-state index < -0.39 is 41.8 Å². The van der Waals surface area contributed by atoms with E-state index in [2.05, 4.69) is 10.6 Å². The molecule has 4 amide bonds. The predicted octanol–water partition coefficient (Wildman–Crippen LogP) is -0.227. The van der Waals surface area contributed by atoms with Crippen molar-refractivity contribution < 1.29 is 29.1 Å². The fourth-order valence-electron chi connectivity index (χ4n) is 3.43. The minimum atomic E-state index is -1.13. The van der Waals surface area contributed by atoms with Crippen molar-refractivity contribution in [3.05, 3.63) is 24.3 Å². The summed E-state index contributed by atoms with van der Waals surface area (Å²) in [4.78, 5) is 65.2. The SMILES string of the molecule is CC(C)[C@H]1C(=O)N(C)[C@@H](C)C(=O)NCCC[C@H](NC(=O)/C=C/C=C/C(=O)[C@H](C)O)C(=O)N1C. The molecule has 1 aliphatic rings. The van der Waals surface area contributed by atoms with E-state index in [9.17, 15) is 24.0 Å². The van der Waals surface area contributed by atoms with Gasteiger partial charge in [0.05, 0.1) is 0 Å². The van der Waals surface area contributed by atoms with Gasteiger partial charge in [-0.25, -0.2) is 0 Å². The van der Waals surface area contributed by atoms with Crippen LogP contribution in [-0.2, 0) is 24.0 Å². The molecule has 0 aliphatic carbocycles. The molecule has 0 aromatic carbocycles. The average Bonchev–Trinajstić information content (AvgIpc) is 2.75. The van der Waals surface area contributed by atoms with Crippen LogP contribution in [0.25, 0.3) is 0 Å². The van der Waals surface area contributed by atoms with Crippen LogP contribution in [0.3, 0.4) is 0 Å². The van der Waals surface area contributed by atoms with Crippen LogP contribution in [0.4, 0.5) is 0 Å². The zero-order valence-electron chi connectivity index (χ0n) is 20.2. The van der Waals surface area contributed by atoms with Gasteiger partial charge in [0.25, 0.3) is 0 Å². The van der Waals surface area contributed by atoms with E-state index in [0.717, 1.165) is 12.2 Å². The van der Waals surface area contributed by atoms with Crippen LogP contribution in [-0.4, -0.2) is 89.2 Å². The number of allylic oxidation sites excluding steroid dienone is 2. The van der Waals surface area contributed by atoms with Crippen molar-refractivity contribution in [3.8, 4) is 0 Å². The van der Waals surface area contributed by atoms with Crippen LogP contribution in [0.2, 0.25) is 0 Å². The molecule has 1 aliphatic heterocycles. The van der Waals surface area contributed by atoms with Gasteiger partial charge in [-0.15, -0.1) is 0 Å². The minimum Gasteiger partial charge on any atom is -0.385 e. The number of rotatable bonds is 6. The number of nitrogens with zero attached hydrogens (tertiary/aromatic N) is 2. The molecule has 184 valence electrons.